The molecule has 2 aromatic rings. The molecule has 0 aromatic heterocycles. The molecule has 0 aliphatic heterocycles. The maximum absolute atomic E-state index is 6.44. The first kappa shape index (κ1) is 14.9. The van der Waals surface area contributed by atoms with E-state index >= 15 is 0 Å². The molecule has 3 heteroatoms. The Morgan fingerprint density at radius 1 is 1.10 bits per heavy atom. The Bertz CT molecular complexity index is 564. The van der Waals surface area contributed by atoms with Crippen LogP contribution >= 0.6 is 11.6 Å². The number of rotatable bonds is 5. The van der Waals surface area contributed by atoms with E-state index in [-0.39, 0.29) is 0 Å². The smallest absolute Gasteiger partial charge is 0.0645 e. The van der Waals surface area contributed by atoms with Gasteiger partial charge in [-0.2, -0.15) is 0 Å². The second-order valence-corrected chi connectivity index (χ2v) is 5.31. The van der Waals surface area contributed by atoms with Crippen molar-refractivity contribution in [1.82, 2.24) is 0 Å². The molecule has 0 saturated heterocycles. The van der Waals surface area contributed by atoms with Crippen LogP contribution in [0.4, 0.5) is 11.4 Å². The highest BCUT2D eigenvalue weighted by Gasteiger charge is 2.11. The van der Waals surface area contributed by atoms with Crippen LogP contribution in [-0.4, -0.2) is 13.1 Å². The fourth-order valence-corrected chi connectivity index (χ4v) is 2.61. The first-order chi connectivity index (χ1) is 9.65. The van der Waals surface area contributed by atoms with Gasteiger partial charge in [-0.25, -0.2) is 0 Å². The third kappa shape index (κ3) is 3.33. The van der Waals surface area contributed by atoms with Crippen molar-refractivity contribution >= 4 is 23.0 Å². The average Bonchev–Trinajstić information content (AvgIpc) is 2.44. The summed E-state index contributed by atoms with van der Waals surface area (Å²) in [6.07, 6.45) is 0.858. The van der Waals surface area contributed by atoms with Gasteiger partial charge >= 0.3 is 0 Å². The van der Waals surface area contributed by atoms with E-state index in [2.05, 4.69) is 55.1 Å². The molecule has 0 aliphatic carbocycles. The van der Waals surface area contributed by atoms with Gasteiger partial charge < -0.3 is 10.6 Å². The van der Waals surface area contributed by atoms with Gasteiger partial charge in [0.1, 0.15) is 0 Å². The number of anilines is 2. The predicted molar refractivity (Wildman–Crippen MR) is 88.1 cm³/mol. The van der Waals surface area contributed by atoms with Gasteiger partial charge in [0.15, 0.2) is 0 Å². The highest BCUT2D eigenvalue weighted by Crippen LogP contribution is 2.32. The highest BCUT2D eigenvalue weighted by molar-refractivity contribution is 6.33. The van der Waals surface area contributed by atoms with Crippen LogP contribution in [0.2, 0.25) is 5.02 Å². The molecule has 2 nitrogen and oxygen atoms in total. The number of aryl methyl sites for hydroxylation is 1. The Labute approximate surface area is 126 Å². The largest absolute Gasteiger partial charge is 0.341 e. The SMILES string of the molecule is CCN(c1ccc(C)cc1)c1ccc(CCN)cc1Cl. The summed E-state index contributed by atoms with van der Waals surface area (Å²) < 4.78 is 0. The lowest BCUT2D eigenvalue weighted by atomic mass is 10.1. The predicted octanol–water partition coefficient (Wildman–Crippen LogP) is 4.31. The second-order valence-electron chi connectivity index (χ2n) is 4.90. The zero-order valence-electron chi connectivity index (χ0n) is 12.1. The third-order valence-electron chi connectivity index (χ3n) is 3.40. The lowest BCUT2D eigenvalue weighted by Gasteiger charge is -2.25. The lowest BCUT2D eigenvalue weighted by molar-refractivity contribution is 0.965. The summed E-state index contributed by atoms with van der Waals surface area (Å²) in [7, 11) is 0. The fraction of sp³-hybridized carbons (Fsp3) is 0.294. The second kappa shape index (κ2) is 6.78. The van der Waals surface area contributed by atoms with Gasteiger partial charge in [-0.05, 0) is 56.6 Å². The highest BCUT2D eigenvalue weighted by atomic mass is 35.5. The van der Waals surface area contributed by atoms with Crippen molar-refractivity contribution in [3.63, 3.8) is 0 Å². The van der Waals surface area contributed by atoms with Crippen LogP contribution < -0.4 is 10.6 Å². The quantitative estimate of drug-likeness (QED) is 0.888. The Balaban J connectivity index is 2.34. The van der Waals surface area contributed by atoms with E-state index in [4.69, 9.17) is 17.3 Å². The lowest BCUT2D eigenvalue weighted by Crippen LogP contribution is -2.16. The number of nitrogens with two attached hydrogens (primary N) is 1. The van der Waals surface area contributed by atoms with E-state index in [0.29, 0.717) is 6.54 Å². The minimum absolute atomic E-state index is 0.644. The van der Waals surface area contributed by atoms with Crippen LogP contribution in [0.3, 0.4) is 0 Å². The van der Waals surface area contributed by atoms with Crippen LogP contribution in [0.5, 0.6) is 0 Å². The standard InChI is InChI=1S/C17H21ClN2/c1-3-20(15-7-4-13(2)5-8-15)17-9-6-14(10-11-19)12-16(17)18/h4-9,12H,3,10-11,19H2,1-2H3. The molecule has 2 N–H and O–H groups in total. The number of hydrogen-bond acceptors (Lipinski definition) is 2. The third-order valence-corrected chi connectivity index (χ3v) is 3.70. The first-order valence-corrected chi connectivity index (χ1v) is 7.36. The molecule has 106 valence electrons. The van der Waals surface area contributed by atoms with Crippen molar-refractivity contribution in [2.24, 2.45) is 5.73 Å². The van der Waals surface area contributed by atoms with Crippen molar-refractivity contribution in [2.75, 3.05) is 18.0 Å². The molecule has 0 saturated carbocycles. The number of benzene rings is 2. The van der Waals surface area contributed by atoms with Crippen LogP contribution in [0.25, 0.3) is 0 Å². The maximum Gasteiger partial charge on any atom is 0.0645 e. The topological polar surface area (TPSA) is 29.3 Å². The van der Waals surface area contributed by atoms with E-state index in [1.165, 1.54) is 11.1 Å². The zero-order chi connectivity index (χ0) is 14.5. The maximum atomic E-state index is 6.44. The van der Waals surface area contributed by atoms with Crippen LogP contribution in [-0.2, 0) is 6.42 Å². The summed E-state index contributed by atoms with van der Waals surface area (Å²) in [4.78, 5) is 2.22. The van der Waals surface area contributed by atoms with Crippen molar-refractivity contribution in [1.29, 1.82) is 0 Å². The van der Waals surface area contributed by atoms with Gasteiger partial charge in [0, 0.05) is 12.2 Å². The minimum atomic E-state index is 0.644. The molecule has 0 aliphatic rings. The molecule has 0 amide bonds. The van der Waals surface area contributed by atoms with Crippen LogP contribution in [0.1, 0.15) is 18.1 Å². The van der Waals surface area contributed by atoms with Crippen molar-refractivity contribution in [2.45, 2.75) is 20.3 Å². The molecule has 0 fully saturated rings. The Kier molecular flexibility index (Phi) is 5.05. The Morgan fingerprint density at radius 3 is 2.35 bits per heavy atom. The van der Waals surface area contributed by atoms with Crippen LogP contribution in [0, 0.1) is 6.92 Å². The van der Waals surface area contributed by atoms with Gasteiger partial charge in [0.25, 0.3) is 0 Å². The number of halogens is 1. The summed E-state index contributed by atoms with van der Waals surface area (Å²) in [5, 5.41) is 0.776. The minimum Gasteiger partial charge on any atom is -0.341 e. The first-order valence-electron chi connectivity index (χ1n) is 6.98. The van der Waals surface area contributed by atoms with E-state index in [0.717, 1.165) is 29.4 Å². The monoisotopic (exact) mass is 288 g/mol. The number of nitrogens with zero attached hydrogens (tertiary/aromatic N) is 1. The molecule has 0 bridgehead atoms. The summed E-state index contributed by atoms with van der Waals surface area (Å²) in [5.41, 5.74) is 10.2. The summed E-state index contributed by atoms with van der Waals surface area (Å²) in [5.74, 6) is 0. The van der Waals surface area contributed by atoms with Gasteiger partial charge in [-0.1, -0.05) is 35.4 Å². The van der Waals surface area contributed by atoms with Crippen LogP contribution in [0.15, 0.2) is 42.5 Å². The molecular weight excluding hydrogens is 268 g/mol. The van der Waals surface area contributed by atoms with E-state index in [9.17, 15) is 0 Å². The van der Waals surface area contributed by atoms with E-state index in [1.54, 1.807) is 0 Å². The molecule has 0 spiro atoms. The van der Waals surface area contributed by atoms with Gasteiger partial charge in [0.05, 0.1) is 10.7 Å². The summed E-state index contributed by atoms with van der Waals surface area (Å²) >= 11 is 6.44. The molecule has 2 rings (SSSR count). The van der Waals surface area contributed by atoms with E-state index in [1.807, 2.05) is 6.07 Å². The average molecular weight is 289 g/mol. The Morgan fingerprint density at radius 2 is 1.80 bits per heavy atom. The molecule has 20 heavy (non-hydrogen) atoms. The zero-order valence-corrected chi connectivity index (χ0v) is 12.8. The molecule has 0 heterocycles. The molecule has 0 unspecified atom stereocenters. The molecule has 2 aromatic carbocycles. The normalized spacial score (nSPS) is 10.6. The summed E-state index contributed by atoms with van der Waals surface area (Å²) in [6.45, 7) is 5.74. The van der Waals surface area contributed by atoms with Gasteiger partial charge in [0.2, 0.25) is 0 Å². The number of hydrogen-bond donors (Lipinski definition) is 1. The van der Waals surface area contributed by atoms with E-state index < -0.39 is 0 Å². The van der Waals surface area contributed by atoms with Crippen molar-refractivity contribution in [3.05, 3.63) is 58.6 Å². The Hall–Kier alpha value is -1.51. The molecule has 0 radical (unpaired) electrons. The molecule has 0 atom stereocenters. The van der Waals surface area contributed by atoms with Gasteiger partial charge in [-0.3, -0.25) is 0 Å². The summed E-state index contributed by atoms with van der Waals surface area (Å²) in [6, 6.07) is 14.7. The van der Waals surface area contributed by atoms with Crippen molar-refractivity contribution in [3.8, 4) is 0 Å². The van der Waals surface area contributed by atoms with Gasteiger partial charge in [-0.15, -0.1) is 0 Å². The molecular formula is C17H21ClN2. The van der Waals surface area contributed by atoms with Crippen molar-refractivity contribution < 1.29 is 0 Å². The fourth-order valence-electron chi connectivity index (χ4n) is 2.31.